The molecule has 118 valence electrons. The Morgan fingerprint density at radius 2 is 1.95 bits per heavy atom. The van der Waals surface area contributed by atoms with Crippen LogP contribution in [0.15, 0.2) is 21.5 Å². The minimum atomic E-state index is -3.58. The molecule has 21 heavy (non-hydrogen) atoms. The summed E-state index contributed by atoms with van der Waals surface area (Å²) in [6.45, 7) is 4.01. The van der Waals surface area contributed by atoms with E-state index in [1.54, 1.807) is 12.1 Å². The minimum Gasteiger partial charge on any atom is -0.495 e. The molecular weight excluding hydrogens is 354 g/mol. The van der Waals surface area contributed by atoms with Crippen molar-refractivity contribution in [2.75, 3.05) is 7.11 Å². The fraction of sp³-hybridized carbons (Fsp3) is 0.600. The maximum atomic E-state index is 12.7. The van der Waals surface area contributed by atoms with Crippen LogP contribution in [0.5, 0.6) is 5.75 Å². The number of nitrogens with one attached hydrogen (secondary N) is 1. The van der Waals surface area contributed by atoms with Crippen molar-refractivity contribution in [1.29, 1.82) is 0 Å². The Balaban J connectivity index is 2.33. The Morgan fingerprint density at radius 1 is 1.29 bits per heavy atom. The Morgan fingerprint density at radius 3 is 2.57 bits per heavy atom. The second-order valence-corrected chi connectivity index (χ2v) is 8.28. The lowest BCUT2D eigenvalue weighted by molar-refractivity contribution is 0.310. The summed E-state index contributed by atoms with van der Waals surface area (Å²) in [6, 6.07) is 3.36. The molecule has 0 unspecified atom stereocenters. The third-order valence-corrected chi connectivity index (χ3v) is 6.52. The molecular formula is C15H22BrNO3S. The zero-order valence-corrected chi connectivity index (χ0v) is 15.1. The molecule has 1 saturated carbocycles. The topological polar surface area (TPSA) is 55.4 Å². The number of ether oxygens (including phenoxy) is 1. The van der Waals surface area contributed by atoms with E-state index in [1.807, 2.05) is 6.92 Å². The lowest BCUT2D eigenvalue weighted by atomic mass is 9.87. The Kier molecular flexibility index (Phi) is 5.33. The van der Waals surface area contributed by atoms with Crippen LogP contribution in [-0.2, 0) is 10.0 Å². The van der Waals surface area contributed by atoms with Gasteiger partial charge in [0.05, 0.1) is 7.11 Å². The van der Waals surface area contributed by atoms with Crippen LogP contribution in [-0.4, -0.2) is 21.6 Å². The highest BCUT2D eigenvalue weighted by atomic mass is 79.9. The van der Waals surface area contributed by atoms with Crippen LogP contribution >= 0.6 is 15.9 Å². The molecule has 6 heteroatoms. The zero-order valence-electron chi connectivity index (χ0n) is 12.6. The third kappa shape index (κ3) is 3.79. The molecule has 1 aromatic rings. The van der Waals surface area contributed by atoms with Gasteiger partial charge in [-0.15, -0.1) is 0 Å². The lowest BCUT2D eigenvalue weighted by Gasteiger charge is -2.29. The fourth-order valence-corrected chi connectivity index (χ4v) is 4.81. The first-order valence-electron chi connectivity index (χ1n) is 7.21. The van der Waals surface area contributed by atoms with E-state index < -0.39 is 10.0 Å². The van der Waals surface area contributed by atoms with Gasteiger partial charge in [-0.2, -0.15) is 0 Å². The van der Waals surface area contributed by atoms with Gasteiger partial charge in [0.2, 0.25) is 10.0 Å². The third-order valence-electron chi connectivity index (χ3n) is 4.15. The van der Waals surface area contributed by atoms with Crippen molar-refractivity contribution in [2.24, 2.45) is 5.92 Å². The Hall–Kier alpha value is -0.590. The van der Waals surface area contributed by atoms with Crippen molar-refractivity contribution in [3.05, 3.63) is 22.2 Å². The summed E-state index contributed by atoms with van der Waals surface area (Å²) in [4.78, 5) is 0.195. The van der Waals surface area contributed by atoms with Gasteiger partial charge in [-0.25, -0.2) is 13.1 Å². The summed E-state index contributed by atoms with van der Waals surface area (Å²) in [7, 11) is -2.09. The van der Waals surface area contributed by atoms with Crippen molar-refractivity contribution in [3.8, 4) is 5.75 Å². The fourth-order valence-electron chi connectivity index (χ4n) is 2.76. The molecule has 0 aromatic heterocycles. The second kappa shape index (κ2) is 6.67. The van der Waals surface area contributed by atoms with Gasteiger partial charge in [-0.05, 0) is 43.4 Å². The summed E-state index contributed by atoms with van der Waals surface area (Å²) >= 11 is 3.39. The van der Waals surface area contributed by atoms with Crippen LogP contribution in [0.2, 0.25) is 0 Å². The highest BCUT2D eigenvalue weighted by molar-refractivity contribution is 9.10. The zero-order chi connectivity index (χ0) is 15.6. The van der Waals surface area contributed by atoms with Gasteiger partial charge in [0.1, 0.15) is 10.6 Å². The monoisotopic (exact) mass is 375 g/mol. The molecule has 0 aliphatic heterocycles. The normalized spacial score (nSPS) is 23.0. The van der Waals surface area contributed by atoms with Crippen LogP contribution in [0.3, 0.4) is 0 Å². The number of hydrogen-bond donors (Lipinski definition) is 1. The van der Waals surface area contributed by atoms with Gasteiger partial charge in [0.25, 0.3) is 0 Å². The first-order valence-corrected chi connectivity index (χ1v) is 9.49. The van der Waals surface area contributed by atoms with Crippen molar-refractivity contribution in [3.63, 3.8) is 0 Å². The van der Waals surface area contributed by atoms with Crippen molar-refractivity contribution >= 4 is 26.0 Å². The predicted octanol–water partition coefficient (Wildman–Crippen LogP) is 3.62. The van der Waals surface area contributed by atoms with E-state index in [1.165, 1.54) is 13.5 Å². The van der Waals surface area contributed by atoms with Gasteiger partial charge in [0.15, 0.2) is 0 Å². The number of sulfonamides is 1. The molecule has 1 aliphatic carbocycles. The highest BCUT2D eigenvalue weighted by Crippen LogP contribution is 2.32. The molecule has 0 radical (unpaired) electrons. The molecule has 1 fully saturated rings. The van der Waals surface area contributed by atoms with E-state index in [4.69, 9.17) is 4.74 Å². The average Bonchev–Trinajstić information content (AvgIpc) is 2.43. The minimum absolute atomic E-state index is 0.00790. The molecule has 0 heterocycles. The molecule has 0 amide bonds. The van der Waals surface area contributed by atoms with Gasteiger partial charge in [-0.1, -0.05) is 35.7 Å². The standard InChI is InChI=1S/C15H22BrNO3S/c1-10-6-4-5-7-13(10)17-21(18,19)15-9-12(16)11(2)8-14(15)20-3/h8-10,13,17H,4-7H2,1-3H3/t10-,13+/m1/s1. The van der Waals surface area contributed by atoms with Crippen molar-refractivity contribution < 1.29 is 13.2 Å². The molecule has 0 spiro atoms. The summed E-state index contributed by atoms with van der Waals surface area (Å²) < 4.78 is 34.2. The molecule has 0 bridgehead atoms. The molecule has 2 rings (SSSR count). The van der Waals surface area contributed by atoms with Crippen LogP contribution in [0.25, 0.3) is 0 Å². The molecule has 0 saturated heterocycles. The SMILES string of the molecule is COc1cc(C)c(Br)cc1S(=O)(=O)N[C@H]1CCCC[C@H]1C. The molecule has 1 aromatic carbocycles. The first-order chi connectivity index (χ1) is 9.85. The maximum Gasteiger partial charge on any atom is 0.244 e. The van der Waals surface area contributed by atoms with Crippen LogP contribution in [0, 0.1) is 12.8 Å². The summed E-state index contributed by atoms with van der Waals surface area (Å²) in [5, 5.41) is 0. The van der Waals surface area contributed by atoms with E-state index in [0.717, 1.165) is 29.3 Å². The van der Waals surface area contributed by atoms with Gasteiger partial charge in [-0.3, -0.25) is 0 Å². The molecule has 2 atom stereocenters. The van der Waals surface area contributed by atoms with Gasteiger partial charge < -0.3 is 4.74 Å². The van der Waals surface area contributed by atoms with E-state index in [0.29, 0.717) is 11.7 Å². The summed E-state index contributed by atoms with van der Waals surface area (Å²) in [5.74, 6) is 0.750. The molecule has 1 aliphatic rings. The first kappa shape index (κ1) is 16.8. The number of rotatable bonds is 4. The summed E-state index contributed by atoms with van der Waals surface area (Å²) in [6.07, 6.45) is 4.22. The second-order valence-electron chi connectivity index (χ2n) is 5.74. The number of hydrogen-bond acceptors (Lipinski definition) is 3. The van der Waals surface area contributed by atoms with Crippen LogP contribution < -0.4 is 9.46 Å². The number of benzene rings is 1. The van der Waals surface area contributed by atoms with Gasteiger partial charge >= 0.3 is 0 Å². The molecule has 1 N–H and O–H groups in total. The number of aryl methyl sites for hydroxylation is 1. The van der Waals surface area contributed by atoms with Gasteiger partial charge in [0, 0.05) is 10.5 Å². The van der Waals surface area contributed by atoms with Crippen LogP contribution in [0.1, 0.15) is 38.2 Å². The van der Waals surface area contributed by atoms with E-state index in [-0.39, 0.29) is 10.9 Å². The largest absolute Gasteiger partial charge is 0.495 e. The van der Waals surface area contributed by atoms with Crippen molar-refractivity contribution in [1.82, 2.24) is 4.72 Å². The van der Waals surface area contributed by atoms with E-state index in [2.05, 4.69) is 27.6 Å². The number of halogens is 1. The predicted molar refractivity (Wildman–Crippen MR) is 87.2 cm³/mol. The summed E-state index contributed by atoms with van der Waals surface area (Å²) in [5.41, 5.74) is 0.942. The highest BCUT2D eigenvalue weighted by Gasteiger charge is 2.29. The molecule has 4 nitrogen and oxygen atoms in total. The average molecular weight is 376 g/mol. The number of methoxy groups -OCH3 is 1. The smallest absolute Gasteiger partial charge is 0.244 e. The lowest BCUT2D eigenvalue weighted by Crippen LogP contribution is -2.41. The van der Waals surface area contributed by atoms with Crippen LogP contribution in [0.4, 0.5) is 0 Å². The quantitative estimate of drug-likeness (QED) is 0.873. The maximum absolute atomic E-state index is 12.7. The Bertz CT molecular complexity index is 616. The van der Waals surface area contributed by atoms with E-state index >= 15 is 0 Å². The Labute approximate surface area is 135 Å². The van der Waals surface area contributed by atoms with E-state index in [9.17, 15) is 8.42 Å². The van der Waals surface area contributed by atoms with Crippen molar-refractivity contribution in [2.45, 2.75) is 50.5 Å².